The van der Waals surface area contributed by atoms with Crippen LogP contribution in [0.5, 0.6) is 5.75 Å². The summed E-state index contributed by atoms with van der Waals surface area (Å²) in [5, 5.41) is 0.470. The molecule has 0 radical (unpaired) electrons. The largest absolute Gasteiger partial charge is 0.495 e. The highest BCUT2D eigenvalue weighted by atomic mass is 35.5. The molecule has 0 aromatic heterocycles. The van der Waals surface area contributed by atoms with E-state index in [4.69, 9.17) is 25.9 Å². The Kier molecular flexibility index (Phi) is 6.83. The van der Waals surface area contributed by atoms with E-state index in [2.05, 4.69) is 0 Å². The zero-order valence-electron chi connectivity index (χ0n) is 15.3. The highest BCUT2D eigenvalue weighted by Gasteiger charge is 2.27. The van der Waals surface area contributed by atoms with E-state index >= 15 is 0 Å². The second-order valence-electron chi connectivity index (χ2n) is 5.53. The summed E-state index contributed by atoms with van der Waals surface area (Å²) >= 11 is 6.12. The first-order valence-electron chi connectivity index (χ1n) is 7.88. The summed E-state index contributed by atoms with van der Waals surface area (Å²) in [6, 6.07) is 11.0. The van der Waals surface area contributed by atoms with E-state index in [-0.39, 0.29) is 16.2 Å². The van der Waals surface area contributed by atoms with E-state index in [9.17, 15) is 13.2 Å². The molecular weight excluding hydrogens is 394 g/mol. The number of benzene rings is 2. The van der Waals surface area contributed by atoms with Crippen LogP contribution in [0.15, 0.2) is 47.4 Å². The fourth-order valence-electron chi connectivity index (χ4n) is 2.34. The van der Waals surface area contributed by atoms with E-state index in [0.717, 1.165) is 0 Å². The van der Waals surface area contributed by atoms with E-state index < -0.39 is 22.1 Å². The predicted molar refractivity (Wildman–Crippen MR) is 100 cm³/mol. The average molecular weight is 414 g/mol. The van der Waals surface area contributed by atoms with Crippen molar-refractivity contribution in [2.45, 2.75) is 17.9 Å². The summed E-state index contributed by atoms with van der Waals surface area (Å²) in [6.07, 6.45) is -0.616. The standard InChI is InChI=1S/C18H20ClNO6S/c1-12(14-7-5-6-8-15(14)19)26-18(21)13-9-10-16(24-3)17(11-13)27(22,23)20(2)25-4/h5-12H,1-4H3/t12-/m1/s1. The number of rotatable bonds is 7. The second kappa shape index (κ2) is 8.71. The van der Waals surface area contributed by atoms with Gasteiger partial charge in [-0.25, -0.2) is 13.2 Å². The molecule has 0 unspecified atom stereocenters. The normalized spacial score (nSPS) is 12.7. The molecule has 0 fully saturated rings. The van der Waals surface area contributed by atoms with Crippen LogP contribution in [0.25, 0.3) is 0 Å². The Hall–Kier alpha value is -2.13. The van der Waals surface area contributed by atoms with Gasteiger partial charge in [0.25, 0.3) is 10.0 Å². The molecule has 0 saturated carbocycles. The van der Waals surface area contributed by atoms with Crippen LogP contribution in [-0.4, -0.2) is 40.1 Å². The van der Waals surface area contributed by atoms with Crippen molar-refractivity contribution in [1.82, 2.24) is 4.47 Å². The van der Waals surface area contributed by atoms with Gasteiger partial charge in [0.05, 0.1) is 19.8 Å². The third-order valence-corrected chi connectivity index (χ3v) is 5.94. The summed E-state index contributed by atoms with van der Waals surface area (Å²) in [5.74, 6) is -0.615. The molecule has 0 amide bonds. The van der Waals surface area contributed by atoms with Crippen molar-refractivity contribution in [2.24, 2.45) is 0 Å². The number of methoxy groups -OCH3 is 1. The van der Waals surface area contributed by atoms with Gasteiger partial charge < -0.3 is 9.47 Å². The molecule has 2 aromatic carbocycles. The maximum atomic E-state index is 12.6. The number of hydrogen-bond donors (Lipinski definition) is 0. The minimum atomic E-state index is -4.02. The number of carbonyl (C=O) groups is 1. The number of sulfonamides is 1. The third-order valence-electron chi connectivity index (χ3n) is 3.90. The van der Waals surface area contributed by atoms with Crippen molar-refractivity contribution in [3.8, 4) is 5.75 Å². The molecule has 0 aliphatic heterocycles. The Bertz CT molecular complexity index is 931. The highest BCUT2D eigenvalue weighted by Crippen LogP contribution is 2.29. The van der Waals surface area contributed by atoms with Gasteiger partial charge in [-0.15, -0.1) is 0 Å². The first kappa shape index (κ1) is 21.2. The Balaban J connectivity index is 2.35. The van der Waals surface area contributed by atoms with Gasteiger partial charge >= 0.3 is 5.97 Å². The first-order chi connectivity index (χ1) is 12.7. The number of hydroxylamine groups is 1. The molecular formula is C18H20ClNO6S. The summed E-state index contributed by atoms with van der Waals surface area (Å²) < 4.78 is 36.3. The Labute approximate surface area is 163 Å². The fraction of sp³-hybridized carbons (Fsp3) is 0.278. The topological polar surface area (TPSA) is 82.1 Å². The van der Waals surface area contributed by atoms with Gasteiger partial charge in [-0.3, -0.25) is 4.84 Å². The summed E-state index contributed by atoms with van der Waals surface area (Å²) in [7, 11) is -0.235. The zero-order valence-corrected chi connectivity index (χ0v) is 16.9. The lowest BCUT2D eigenvalue weighted by atomic mass is 10.1. The molecule has 0 aliphatic rings. The number of nitrogens with zero attached hydrogens (tertiary/aromatic N) is 1. The van der Waals surface area contributed by atoms with E-state index in [1.807, 2.05) is 0 Å². The molecule has 7 nitrogen and oxygen atoms in total. The number of ether oxygens (including phenoxy) is 2. The second-order valence-corrected chi connectivity index (χ2v) is 7.84. The van der Waals surface area contributed by atoms with Crippen LogP contribution in [0.3, 0.4) is 0 Å². The maximum Gasteiger partial charge on any atom is 0.338 e. The number of hydrogen-bond acceptors (Lipinski definition) is 6. The minimum Gasteiger partial charge on any atom is -0.495 e. The SMILES string of the molecule is COc1ccc(C(=O)O[C@H](C)c2ccccc2Cl)cc1S(=O)(=O)N(C)OC. The lowest BCUT2D eigenvalue weighted by Crippen LogP contribution is -2.26. The van der Waals surface area contributed by atoms with Crippen LogP contribution in [0.2, 0.25) is 5.02 Å². The lowest BCUT2D eigenvalue weighted by Gasteiger charge is -2.18. The molecule has 2 aromatic rings. The van der Waals surface area contributed by atoms with E-state index in [0.29, 0.717) is 15.1 Å². The van der Waals surface area contributed by atoms with Gasteiger partial charge in [0.2, 0.25) is 0 Å². The molecule has 0 spiro atoms. The average Bonchev–Trinajstić information content (AvgIpc) is 2.66. The van der Waals surface area contributed by atoms with Gasteiger partial charge in [-0.05, 0) is 31.2 Å². The molecule has 146 valence electrons. The van der Waals surface area contributed by atoms with Crippen LogP contribution in [0.1, 0.15) is 28.9 Å². The smallest absolute Gasteiger partial charge is 0.338 e. The molecule has 9 heteroatoms. The summed E-state index contributed by atoms with van der Waals surface area (Å²) in [6.45, 7) is 1.68. The quantitative estimate of drug-likeness (QED) is 0.510. The van der Waals surface area contributed by atoms with Crippen LogP contribution in [0.4, 0.5) is 0 Å². The summed E-state index contributed by atoms with van der Waals surface area (Å²) in [4.78, 5) is 17.1. The first-order valence-corrected chi connectivity index (χ1v) is 9.70. The lowest BCUT2D eigenvalue weighted by molar-refractivity contribution is -0.0259. The van der Waals surface area contributed by atoms with Crippen LogP contribution < -0.4 is 4.74 Å². The van der Waals surface area contributed by atoms with Crippen LogP contribution in [0, 0.1) is 0 Å². The van der Waals surface area contributed by atoms with E-state index in [1.54, 1.807) is 31.2 Å². The van der Waals surface area contributed by atoms with Crippen LogP contribution in [-0.2, 0) is 19.6 Å². The van der Waals surface area contributed by atoms with Crippen molar-refractivity contribution in [3.05, 3.63) is 58.6 Å². The Morgan fingerprint density at radius 2 is 1.81 bits per heavy atom. The van der Waals surface area contributed by atoms with Gasteiger partial charge in [0, 0.05) is 17.6 Å². The van der Waals surface area contributed by atoms with Crippen LogP contribution >= 0.6 is 11.6 Å². The Morgan fingerprint density at radius 3 is 2.41 bits per heavy atom. The number of esters is 1. The minimum absolute atomic E-state index is 0.0535. The van der Waals surface area contributed by atoms with Crippen molar-refractivity contribution < 1.29 is 27.5 Å². The van der Waals surface area contributed by atoms with Gasteiger partial charge in [-0.2, -0.15) is 0 Å². The molecule has 0 N–H and O–H groups in total. The molecule has 0 aliphatic carbocycles. The van der Waals surface area contributed by atoms with Gasteiger partial charge in [0.1, 0.15) is 16.7 Å². The monoisotopic (exact) mass is 413 g/mol. The highest BCUT2D eigenvalue weighted by molar-refractivity contribution is 7.89. The Morgan fingerprint density at radius 1 is 1.15 bits per heavy atom. The van der Waals surface area contributed by atoms with E-state index in [1.165, 1.54) is 39.5 Å². The number of halogens is 1. The van der Waals surface area contributed by atoms with Crippen molar-refractivity contribution in [1.29, 1.82) is 0 Å². The van der Waals surface area contributed by atoms with Crippen molar-refractivity contribution in [2.75, 3.05) is 21.3 Å². The maximum absolute atomic E-state index is 12.6. The molecule has 0 saturated heterocycles. The molecule has 2 rings (SSSR count). The van der Waals surface area contributed by atoms with Gasteiger partial charge in [-0.1, -0.05) is 34.3 Å². The predicted octanol–water partition coefficient (Wildman–Crippen LogP) is 3.45. The fourth-order valence-corrected chi connectivity index (χ4v) is 3.78. The molecule has 0 bridgehead atoms. The molecule has 27 heavy (non-hydrogen) atoms. The van der Waals surface area contributed by atoms with Gasteiger partial charge in [0.15, 0.2) is 0 Å². The van der Waals surface area contributed by atoms with Crippen molar-refractivity contribution >= 4 is 27.6 Å². The molecule has 1 atom stereocenters. The van der Waals surface area contributed by atoms with Crippen molar-refractivity contribution in [3.63, 3.8) is 0 Å². The summed E-state index contributed by atoms with van der Waals surface area (Å²) in [5.41, 5.74) is 0.700. The molecule has 0 heterocycles. The third kappa shape index (κ3) is 4.59. The zero-order chi connectivity index (χ0) is 20.2. The number of carbonyl (C=O) groups excluding carboxylic acids is 1.